The summed E-state index contributed by atoms with van der Waals surface area (Å²) in [5, 5.41) is 2.67. The molecule has 30 heavy (non-hydrogen) atoms. The number of hydrogen-bond acceptors (Lipinski definition) is 4. The maximum atomic E-state index is 13.1. The van der Waals surface area contributed by atoms with Gasteiger partial charge in [-0.3, -0.25) is 19.8 Å². The van der Waals surface area contributed by atoms with Crippen molar-refractivity contribution in [1.82, 2.24) is 9.88 Å². The van der Waals surface area contributed by atoms with Crippen LogP contribution in [0.1, 0.15) is 11.3 Å². The molecule has 0 unspecified atom stereocenters. The molecule has 2 aromatic carbocycles. The third kappa shape index (κ3) is 3.62. The van der Waals surface area contributed by atoms with Crippen molar-refractivity contribution in [2.45, 2.75) is 6.92 Å². The molecular formula is C23H19N3O3S. The predicted octanol–water partition coefficient (Wildman–Crippen LogP) is 3.63. The number of ether oxygens (including phenoxy) is 1. The minimum atomic E-state index is -0.507. The van der Waals surface area contributed by atoms with Gasteiger partial charge < -0.3 is 9.30 Å². The van der Waals surface area contributed by atoms with E-state index in [2.05, 4.69) is 5.32 Å². The number of thiocarbonyl (C=S) groups is 1. The van der Waals surface area contributed by atoms with Gasteiger partial charge in [0.15, 0.2) is 5.11 Å². The molecule has 0 atom stereocenters. The molecule has 7 heteroatoms. The minimum Gasteiger partial charge on any atom is -0.497 e. The Labute approximate surface area is 179 Å². The standard InChI is InChI=1S/C23H19N3O3S/c1-15-12-16(14-25(15)17-8-10-19(29-2)11-9-17)13-20-21(27)24-23(30)26(22(20)28)18-6-4-3-5-7-18/h3-14H,1-2H3,(H,24,27,30)/b20-13-. The number of aromatic nitrogens is 1. The van der Waals surface area contributed by atoms with Gasteiger partial charge in [0.2, 0.25) is 0 Å². The fraction of sp³-hybridized carbons (Fsp3) is 0.0870. The number of amides is 2. The number of nitrogens with one attached hydrogen (secondary N) is 1. The molecule has 4 rings (SSSR count). The number of rotatable bonds is 4. The molecule has 0 bridgehead atoms. The first-order chi connectivity index (χ1) is 14.5. The lowest BCUT2D eigenvalue weighted by atomic mass is 10.1. The Kier molecular flexibility index (Phi) is 5.20. The van der Waals surface area contributed by atoms with Crippen molar-refractivity contribution >= 4 is 40.9 Å². The number of carbonyl (C=O) groups is 2. The Balaban J connectivity index is 1.69. The summed E-state index contributed by atoms with van der Waals surface area (Å²) in [6, 6.07) is 18.6. The van der Waals surface area contributed by atoms with Crippen LogP contribution in [-0.2, 0) is 9.59 Å². The number of anilines is 1. The van der Waals surface area contributed by atoms with E-state index in [1.165, 1.54) is 4.90 Å². The van der Waals surface area contributed by atoms with Crippen LogP contribution >= 0.6 is 12.2 Å². The van der Waals surface area contributed by atoms with E-state index in [0.29, 0.717) is 5.69 Å². The molecule has 150 valence electrons. The van der Waals surface area contributed by atoms with E-state index in [9.17, 15) is 9.59 Å². The molecule has 2 amide bonds. The van der Waals surface area contributed by atoms with Crippen LogP contribution in [0.2, 0.25) is 0 Å². The Morgan fingerprint density at radius 2 is 1.70 bits per heavy atom. The molecule has 1 N–H and O–H groups in total. The summed E-state index contributed by atoms with van der Waals surface area (Å²) in [7, 11) is 1.62. The summed E-state index contributed by atoms with van der Waals surface area (Å²) in [6.45, 7) is 1.96. The lowest BCUT2D eigenvalue weighted by Gasteiger charge is -2.28. The van der Waals surface area contributed by atoms with Crippen molar-refractivity contribution in [2.75, 3.05) is 12.0 Å². The second kappa shape index (κ2) is 7.96. The smallest absolute Gasteiger partial charge is 0.270 e. The van der Waals surface area contributed by atoms with Crippen LogP contribution in [0.5, 0.6) is 5.75 Å². The molecule has 0 radical (unpaired) electrons. The second-order valence-electron chi connectivity index (χ2n) is 6.78. The second-order valence-corrected chi connectivity index (χ2v) is 7.16. The lowest BCUT2D eigenvalue weighted by Crippen LogP contribution is -2.54. The zero-order valence-electron chi connectivity index (χ0n) is 16.5. The molecule has 6 nitrogen and oxygen atoms in total. The average Bonchev–Trinajstić information content (AvgIpc) is 3.12. The fourth-order valence-electron chi connectivity index (χ4n) is 3.33. The highest BCUT2D eigenvalue weighted by molar-refractivity contribution is 7.80. The minimum absolute atomic E-state index is 0.0272. The Morgan fingerprint density at radius 3 is 2.37 bits per heavy atom. The van der Waals surface area contributed by atoms with Crippen LogP contribution < -0.4 is 15.0 Å². The van der Waals surface area contributed by atoms with Crippen LogP contribution in [0.3, 0.4) is 0 Å². The van der Waals surface area contributed by atoms with Gasteiger partial charge in [0, 0.05) is 17.6 Å². The predicted molar refractivity (Wildman–Crippen MR) is 120 cm³/mol. The first-order valence-electron chi connectivity index (χ1n) is 9.28. The van der Waals surface area contributed by atoms with Gasteiger partial charge >= 0.3 is 0 Å². The number of carbonyl (C=O) groups excluding carboxylic acids is 2. The number of hydrogen-bond donors (Lipinski definition) is 1. The lowest BCUT2D eigenvalue weighted by molar-refractivity contribution is -0.122. The summed E-state index contributed by atoms with van der Waals surface area (Å²) in [6.07, 6.45) is 3.47. The van der Waals surface area contributed by atoms with Crippen molar-refractivity contribution in [2.24, 2.45) is 0 Å². The van der Waals surface area contributed by atoms with E-state index in [1.807, 2.05) is 66.2 Å². The molecule has 2 heterocycles. The van der Waals surface area contributed by atoms with Gasteiger partial charge in [-0.25, -0.2) is 0 Å². The van der Waals surface area contributed by atoms with Gasteiger partial charge in [0.05, 0.1) is 12.8 Å². The van der Waals surface area contributed by atoms with Crippen molar-refractivity contribution in [3.63, 3.8) is 0 Å². The Morgan fingerprint density at radius 1 is 1.00 bits per heavy atom. The molecule has 1 aliphatic heterocycles. The van der Waals surface area contributed by atoms with Crippen molar-refractivity contribution in [3.8, 4) is 11.4 Å². The molecule has 1 saturated heterocycles. The summed E-state index contributed by atoms with van der Waals surface area (Å²) in [4.78, 5) is 26.9. The fourth-order valence-corrected chi connectivity index (χ4v) is 3.62. The molecule has 0 spiro atoms. The van der Waals surface area contributed by atoms with Gasteiger partial charge in [-0.1, -0.05) is 18.2 Å². The Bertz CT molecular complexity index is 1160. The summed E-state index contributed by atoms with van der Waals surface area (Å²) in [5.41, 5.74) is 3.28. The van der Waals surface area contributed by atoms with Gasteiger partial charge in [-0.15, -0.1) is 0 Å². The maximum Gasteiger partial charge on any atom is 0.270 e. The van der Waals surface area contributed by atoms with Gasteiger partial charge in [0.25, 0.3) is 11.8 Å². The first kappa shape index (κ1) is 19.6. The quantitative estimate of drug-likeness (QED) is 0.400. The van der Waals surface area contributed by atoms with Gasteiger partial charge in [-0.05, 0) is 73.2 Å². The molecular weight excluding hydrogens is 398 g/mol. The highest BCUT2D eigenvalue weighted by Gasteiger charge is 2.34. The summed E-state index contributed by atoms with van der Waals surface area (Å²) >= 11 is 5.22. The normalized spacial score (nSPS) is 15.5. The van der Waals surface area contributed by atoms with E-state index in [4.69, 9.17) is 17.0 Å². The summed E-state index contributed by atoms with van der Waals surface area (Å²) < 4.78 is 7.19. The maximum absolute atomic E-state index is 13.1. The molecule has 0 saturated carbocycles. The van der Waals surface area contributed by atoms with Crippen LogP contribution in [-0.4, -0.2) is 28.6 Å². The number of para-hydroxylation sites is 1. The van der Waals surface area contributed by atoms with Gasteiger partial charge in [0.1, 0.15) is 11.3 Å². The van der Waals surface area contributed by atoms with Crippen molar-refractivity contribution in [3.05, 3.63) is 83.7 Å². The van der Waals surface area contributed by atoms with E-state index in [0.717, 1.165) is 22.7 Å². The van der Waals surface area contributed by atoms with E-state index < -0.39 is 11.8 Å². The van der Waals surface area contributed by atoms with E-state index in [1.54, 1.807) is 25.3 Å². The van der Waals surface area contributed by atoms with E-state index >= 15 is 0 Å². The first-order valence-corrected chi connectivity index (χ1v) is 9.68. The monoisotopic (exact) mass is 417 g/mol. The van der Waals surface area contributed by atoms with Crippen LogP contribution in [0.25, 0.3) is 11.8 Å². The summed E-state index contributed by atoms with van der Waals surface area (Å²) in [5.74, 6) is -0.191. The average molecular weight is 417 g/mol. The van der Waals surface area contributed by atoms with E-state index in [-0.39, 0.29) is 10.7 Å². The van der Waals surface area contributed by atoms with Crippen molar-refractivity contribution in [1.29, 1.82) is 0 Å². The highest BCUT2D eigenvalue weighted by Crippen LogP contribution is 2.24. The van der Waals surface area contributed by atoms with Gasteiger partial charge in [-0.2, -0.15) is 0 Å². The molecule has 1 aromatic heterocycles. The number of benzene rings is 2. The zero-order valence-corrected chi connectivity index (χ0v) is 17.3. The number of nitrogens with zero attached hydrogens (tertiary/aromatic N) is 2. The zero-order chi connectivity index (χ0) is 21.3. The van der Waals surface area contributed by atoms with Crippen LogP contribution in [0.15, 0.2) is 72.4 Å². The third-order valence-corrected chi connectivity index (χ3v) is 5.10. The van der Waals surface area contributed by atoms with Crippen molar-refractivity contribution < 1.29 is 14.3 Å². The highest BCUT2D eigenvalue weighted by atomic mass is 32.1. The molecule has 1 aliphatic rings. The molecule has 1 fully saturated rings. The molecule has 0 aliphatic carbocycles. The van der Waals surface area contributed by atoms with Crippen LogP contribution in [0, 0.1) is 6.92 Å². The number of aryl methyl sites for hydroxylation is 1. The number of methoxy groups -OCH3 is 1. The van der Waals surface area contributed by atoms with Crippen LogP contribution in [0.4, 0.5) is 5.69 Å². The Hall–Kier alpha value is -3.71. The topological polar surface area (TPSA) is 63.6 Å². The molecule has 3 aromatic rings. The SMILES string of the molecule is COc1ccc(-n2cc(/C=C3/C(=O)NC(=S)N(c4ccccc4)C3=O)cc2C)cc1. The largest absolute Gasteiger partial charge is 0.497 e. The third-order valence-electron chi connectivity index (χ3n) is 4.81.